The van der Waals surface area contributed by atoms with E-state index in [2.05, 4.69) is 5.32 Å². The highest BCUT2D eigenvalue weighted by Crippen LogP contribution is 2.51. The zero-order valence-electron chi connectivity index (χ0n) is 24.0. The zero-order chi connectivity index (χ0) is 29.8. The molecular weight excluding hydrogens is 572 g/mol. The molecule has 1 aliphatic heterocycles. The van der Waals surface area contributed by atoms with Gasteiger partial charge in [-0.2, -0.15) is 5.10 Å². The number of amides is 2. The molecular formula is C32H33ClN4O4S. The molecule has 0 radical (unpaired) electrons. The summed E-state index contributed by atoms with van der Waals surface area (Å²) in [6.07, 6.45) is 0. The standard InChI is InChI=1S/C32H33ClN4O4S/c1-20(2)17-34-27(38)18-36-28(39)19-42-31(23-16-22(40-3)14-15-26(23)41-4)29-30(21-10-6-5-7-11-21)35-37(32(29)36)25-13-9-8-12-24(25)33/h5-16,20,31H,17-19H2,1-4H3,(H,34,38)/t31-/m0/s1. The summed E-state index contributed by atoms with van der Waals surface area (Å²) in [5.74, 6) is 1.74. The number of carbonyl (C=O) groups excluding carboxylic acids is 2. The van der Waals surface area contributed by atoms with Gasteiger partial charge in [-0.15, -0.1) is 11.8 Å². The molecule has 10 heteroatoms. The lowest BCUT2D eigenvalue weighted by molar-refractivity contribution is -0.123. The molecule has 42 heavy (non-hydrogen) atoms. The van der Waals surface area contributed by atoms with E-state index in [0.29, 0.717) is 40.3 Å². The van der Waals surface area contributed by atoms with Gasteiger partial charge in [-0.3, -0.25) is 14.5 Å². The van der Waals surface area contributed by atoms with Gasteiger partial charge in [0, 0.05) is 23.2 Å². The van der Waals surface area contributed by atoms with Crippen LogP contribution in [0.25, 0.3) is 16.9 Å². The largest absolute Gasteiger partial charge is 0.497 e. The molecule has 0 bridgehead atoms. The smallest absolute Gasteiger partial charge is 0.240 e. The zero-order valence-corrected chi connectivity index (χ0v) is 25.5. The number of nitrogens with one attached hydrogen (secondary N) is 1. The number of hydrogen-bond donors (Lipinski definition) is 1. The fourth-order valence-corrected chi connectivity index (χ4v) is 6.36. The Bertz CT molecular complexity index is 1590. The van der Waals surface area contributed by atoms with Crippen LogP contribution < -0.4 is 19.7 Å². The van der Waals surface area contributed by atoms with Crippen molar-refractivity contribution in [3.8, 4) is 28.4 Å². The van der Waals surface area contributed by atoms with Crippen molar-refractivity contribution in [3.05, 3.63) is 88.9 Å². The SMILES string of the molecule is COc1ccc(OC)c([C@@H]2SCC(=O)N(CC(=O)NCC(C)C)c3c2c(-c2ccccc2)nn3-c2ccccc2Cl)c1. The monoisotopic (exact) mass is 604 g/mol. The minimum absolute atomic E-state index is 0.133. The fraction of sp³-hybridized carbons (Fsp3) is 0.281. The Labute approximate surface area is 255 Å². The summed E-state index contributed by atoms with van der Waals surface area (Å²) in [5.41, 5.74) is 3.75. The molecule has 1 aliphatic rings. The Morgan fingerprint density at radius 1 is 1.07 bits per heavy atom. The third-order valence-corrected chi connectivity index (χ3v) is 8.50. The maximum absolute atomic E-state index is 13.9. The minimum Gasteiger partial charge on any atom is -0.497 e. The maximum atomic E-state index is 13.9. The van der Waals surface area contributed by atoms with Gasteiger partial charge in [0.15, 0.2) is 0 Å². The number of rotatable bonds is 9. The van der Waals surface area contributed by atoms with E-state index in [1.54, 1.807) is 25.0 Å². The summed E-state index contributed by atoms with van der Waals surface area (Å²) in [5, 5.41) is 8.13. The van der Waals surface area contributed by atoms with Crippen LogP contribution >= 0.6 is 23.4 Å². The van der Waals surface area contributed by atoms with Crippen LogP contribution in [0.5, 0.6) is 11.5 Å². The van der Waals surface area contributed by atoms with Gasteiger partial charge in [0.05, 0.1) is 41.6 Å². The van der Waals surface area contributed by atoms with Crippen LogP contribution in [0.15, 0.2) is 72.8 Å². The molecule has 0 spiro atoms. The van der Waals surface area contributed by atoms with Gasteiger partial charge in [0.25, 0.3) is 0 Å². The lowest BCUT2D eigenvalue weighted by atomic mass is 9.98. The van der Waals surface area contributed by atoms with Crippen LogP contribution in [-0.4, -0.2) is 54.7 Å². The van der Waals surface area contributed by atoms with E-state index in [4.69, 9.17) is 26.2 Å². The Balaban J connectivity index is 1.81. The van der Waals surface area contributed by atoms with Crippen LogP contribution in [-0.2, 0) is 9.59 Å². The molecule has 0 fully saturated rings. The number of para-hydroxylation sites is 1. The van der Waals surface area contributed by atoms with Crippen molar-refractivity contribution in [2.24, 2.45) is 5.92 Å². The van der Waals surface area contributed by atoms with Crippen molar-refractivity contribution in [2.75, 3.05) is 38.0 Å². The third-order valence-electron chi connectivity index (χ3n) is 6.95. The number of anilines is 1. The van der Waals surface area contributed by atoms with Crippen molar-refractivity contribution in [3.63, 3.8) is 0 Å². The van der Waals surface area contributed by atoms with Crippen LogP contribution in [0.1, 0.15) is 30.2 Å². The van der Waals surface area contributed by atoms with Gasteiger partial charge in [-0.1, -0.05) is 67.9 Å². The lowest BCUT2D eigenvalue weighted by Crippen LogP contribution is -2.43. The van der Waals surface area contributed by atoms with Gasteiger partial charge in [-0.05, 0) is 36.2 Å². The summed E-state index contributed by atoms with van der Waals surface area (Å²) in [6, 6.07) is 22.8. The van der Waals surface area contributed by atoms with Crippen LogP contribution in [0.4, 0.5) is 5.82 Å². The first-order valence-electron chi connectivity index (χ1n) is 13.7. The lowest BCUT2D eigenvalue weighted by Gasteiger charge is -2.24. The van der Waals surface area contributed by atoms with Gasteiger partial charge < -0.3 is 14.8 Å². The maximum Gasteiger partial charge on any atom is 0.240 e. The van der Waals surface area contributed by atoms with E-state index in [9.17, 15) is 9.59 Å². The molecule has 4 aromatic rings. The van der Waals surface area contributed by atoms with E-state index < -0.39 is 0 Å². The highest BCUT2D eigenvalue weighted by Gasteiger charge is 2.39. The predicted molar refractivity (Wildman–Crippen MR) is 168 cm³/mol. The average molecular weight is 605 g/mol. The number of carbonyl (C=O) groups is 2. The molecule has 0 saturated carbocycles. The quantitative estimate of drug-likeness (QED) is 0.247. The van der Waals surface area contributed by atoms with E-state index >= 15 is 0 Å². The second-order valence-electron chi connectivity index (χ2n) is 10.3. The fourth-order valence-electron chi connectivity index (χ4n) is 4.93. The van der Waals surface area contributed by atoms with Crippen molar-refractivity contribution in [1.82, 2.24) is 15.1 Å². The molecule has 0 aliphatic carbocycles. The third kappa shape index (κ3) is 5.98. The number of ether oxygens (including phenoxy) is 2. The number of methoxy groups -OCH3 is 2. The number of aromatic nitrogens is 2. The van der Waals surface area contributed by atoms with E-state index in [0.717, 1.165) is 16.7 Å². The summed E-state index contributed by atoms with van der Waals surface area (Å²) in [7, 11) is 3.23. The van der Waals surface area contributed by atoms with Gasteiger partial charge in [-0.25, -0.2) is 4.68 Å². The van der Waals surface area contributed by atoms with Crippen LogP contribution in [0, 0.1) is 5.92 Å². The molecule has 1 aromatic heterocycles. The molecule has 0 unspecified atom stereocenters. The number of benzene rings is 3. The van der Waals surface area contributed by atoms with Crippen LogP contribution in [0.3, 0.4) is 0 Å². The number of thioether (sulfide) groups is 1. The Morgan fingerprint density at radius 2 is 1.81 bits per heavy atom. The summed E-state index contributed by atoms with van der Waals surface area (Å²) >= 11 is 8.19. The minimum atomic E-state index is -0.385. The number of halogens is 1. The average Bonchev–Trinajstić information content (AvgIpc) is 3.32. The van der Waals surface area contributed by atoms with Crippen LogP contribution in [0.2, 0.25) is 5.02 Å². The normalized spacial score (nSPS) is 14.9. The topological polar surface area (TPSA) is 85.7 Å². The second kappa shape index (κ2) is 12.9. The van der Waals surface area contributed by atoms with Crippen molar-refractivity contribution in [2.45, 2.75) is 19.1 Å². The predicted octanol–water partition coefficient (Wildman–Crippen LogP) is 6.15. The number of hydrogen-bond acceptors (Lipinski definition) is 6. The summed E-state index contributed by atoms with van der Waals surface area (Å²) < 4.78 is 13.1. The van der Waals surface area contributed by atoms with Gasteiger partial charge in [0.1, 0.15) is 23.9 Å². The second-order valence-corrected chi connectivity index (χ2v) is 11.8. The molecule has 5 rings (SSSR count). The first-order valence-corrected chi connectivity index (χ1v) is 15.1. The summed E-state index contributed by atoms with van der Waals surface area (Å²) in [4.78, 5) is 28.7. The Morgan fingerprint density at radius 3 is 2.50 bits per heavy atom. The molecule has 1 N–H and O–H groups in total. The number of fused-ring (bicyclic) bond motifs is 1. The highest BCUT2D eigenvalue weighted by molar-refractivity contribution is 8.00. The molecule has 2 amide bonds. The highest BCUT2D eigenvalue weighted by atomic mass is 35.5. The van der Waals surface area contributed by atoms with E-state index in [1.165, 1.54) is 16.7 Å². The molecule has 218 valence electrons. The Hall–Kier alpha value is -3.95. The molecule has 1 atom stereocenters. The van der Waals surface area contributed by atoms with Crippen molar-refractivity contribution < 1.29 is 19.1 Å². The summed E-state index contributed by atoms with van der Waals surface area (Å²) in [6.45, 7) is 4.39. The Kier molecular flexibility index (Phi) is 9.09. The molecule has 0 saturated heterocycles. The van der Waals surface area contributed by atoms with Crippen molar-refractivity contribution in [1.29, 1.82) is 0 Å². The van der Waals surface area contributed by atoms with E-state index in [1.807, 2.05) is 80.6 Å². The molecule has 2 heterocycles. The first-order chi connectivity index (χ1) is 20.3. The van der Waals surface area contributed by atoms with Gasteiger partial charge >= 0.3 is 0 Å². The molecule has 8 nitrogen and oxygen atoms in total. The number of nitrogens with zero attached hydrogens (tertiary/aromatic N) is 3. The molecule has 3 aromatic carbocycles. The first kappa shape index (κ1) is 29.5. The van der Waals surface area contributed by atoms with Gasteiger partial charge in [0.2, 0.25) is 11.8 Å². The van der Waals surface area contributed by atoms with Crippen molar-refractivity contribution >= 4 is 41.0 Å². The van der Waals surface area contributed by atoms with E-state index in [-0.39, 0.29) is 35.3 Å².